The van der Waals surface area contributed by atoms with Crippen LogP contribution in [0.5, 0.6) is 11.5 Å². The Labute approximate surface area is 289 Å². The predicted molar refractivity (Wildman–Crippen MR) is 183 cm³/mol. The summed E-state index contributed by atoms with van der Waals surface area (Å²) in [6, 6.07) is 26.8. The zero-order valence-corrected chi connectivity index (χ0v) is 27.4. The maximum Gasteiger partial charge on any atom is 0.339 e. The summed E-state index contributed by atoms with van der Waals surface area (Å²) in [6.07, 6.45) is 2.84. The summed E-state index contributed by atoms with van der Waals surface area (Å²) in [5, 5.41) is 25.8. The Balaban J connectivity index is 1.12. The summed E-state index contributed by atoms with van der Waals surface area (Å²) in [6.45, 7) is 0. The van der Waals surface area contributed by atoms with Gasteiger partial charge in [0.25, 0.3) is 17.3 Å². The SMILES string of the molecule is O=C(NN=Cc1ccc(OS(=O)(=O)c2cccc([N+](=O)[O-])c2)cc1)c1ccc(N=Cc2ccc(OS(=O)(=O)c3cccc([N+](=O)[O-])c3)cc2)cc1. The molecule has 0 bridgehead atoms. The first-order valence-corrected chi connectivity index (χ1v) is 17.2. The first-order valence-electron chi connectivity index (χ1n) is 14.3. The molecule has 0 unspecified atom stereocenters. The van der Waals surface area contributed by atoms with E-state index in [1.165, 1.54) is 91.3 Å². The molecule has 0 radical (unpaired) electrons. The van der Waals surface area contributed by atoms with Crippen molar-refractivity contribution < 1.29 is 39.8 Å². The Morgan fingerprint density at radius 3 is 1.53 bits per heavy atom. The lowest BCUT2D eigenvalue weighted by Gasteiger charge is -2.07. The fourth-order valence-corrected chi connectivity index (χ4v) is 6.09. The topological polar surface area (TPSA) is 227 Å². The van der Waals surface area contributed by atoms with Crippen LogP contribution < -0.4 is 13.8 Å². The molecule has 0 aliphatic heterocycles. The number of non-ortho nitro benzene ring substituents is 2. The molecule has 51 heavy (non-hydrogen) atoms. The van der Waals surface area contributed by atoms with Crippen LogP contribution in [0, 0.1) is 20.2 Å². The van der Waals surface area contributed by atoms with Crippen LogP contribution in [0.2, 0.25) is 0 Å². The second-order valence-corrected chi connectivity index (χ2v) is 13.3. The van der Waals surface area contributed by atoms with Crippen molar-refractivity contribution in [2.24, 2.45) is 10.1 Å². The molecular weight excluding hydrogens is 707 g/mol. The van der Waals surface area contributed by atoms with Crippen molar-refractivity contribution in [2.45, 2.75) is 9.79 Å². The van der Waals surface area contributed by atoms with E-state index in [2.05, 4.69) is 15.5 Å². The Morgan fingerprint density at radius 1 is 0.627 bits per heavy atom. The zero-order valence-electron chi connectivity index (χ0n) is 25.8. The Hall–Kier alpha value is -6.79. The van der Waals surface area contributed by atoms with Gasteiger partial charge in [-0.05, 0) is 96.1 Å². The van der Waals surface area contributed by atoms with E-state index in [1.54, 1.807) is 24.3 Å². The molecule has 0 spiro atoms. The number of hydrogen-bond donors (Lipinski definition) is 1. The molecule has 5 aromatic carbocycles. The van der Waals surface area contributed by atoms with Crippen molar-refractivity contribution in [3.8, 4) is 11.5 Å². The molecule has 1 amide bonds. The quantitative estimate of drug-likeness (QED) is 0.0683. The molecule has 0 heterocycles. The van der Waals surface area contributed by atoms with Gasteiger partial charge in [-0.25, -0.2) is 5.43 Å². The molecule has 5 rings (SSSR count). The van der Waals surface area contributed by atoms with Crippen LogP contribution in [0.3, 0.4) is 0 Å². The molecule has 0 aromatic heterocycles. The number of benzene rings is 5. The van der Waals surface area contributed by atoms with Crippen LogP contribution in [0.1, 0.15) is 21.5 Å². The summed E-state index contributed by atoms with van der Waals surface area (Å²) < 4.78 is 60.2. The highest BCUT2D eigenvalue weighted by Crippen LogP contribution is 2.24. The highest BCUT2D eigenvalue weighted by molar-refractivity contribution is 7.87. The first-order chi connectivity index (χ1) is 24.3. The number of nitro groups is 2. The molecule has 18 heteroatoms. The van der Waals surface area contributed by atoms with E-state index in [4.69, 9.17) is 8.37 Å². The smallest absolute Gasteiger partial charge is 0.339 e. The minimum absolute atomic E-state index is 0.00590. The van der Waals surface area contributed by atoms with E-state index in [-0.39, 0.29) is 32.5 Å². The number of nitrogens with zero attached hydrogens (tertiary/aromatic N) is 4. The van der Waals surface area contributed by atoms with Gasteiger partial charge in [0.05, 0.1) is 21.7 Å². The average molecular weight is 730 g/mol. The molecule has 1 N–H and O–H groups in total. The van der Waals surface area contributed by atoms with Crippen molar-refractivity contribution in [1.82, 2.24) is 5.43 Å². The Bertz CT molecular complexity index is 2380. The summed E-state index contributed by atoms with van der Waals surface area (Å²) in [5.74, 6) is -0.559. The van der Waals surface area contributed by atoms with Crippen LogP contribution in [-0.2, 0) is 20.2 Å². The van der Waals surface area contributed by atoms with Crippen LogP contribution in [0.25, 0.3) is 0 Å². The lowest BCUT2D eigenvalue weighted by molar-refractivity contribution is -0.385. The Kier molecular flexibility index (Phi) is 10.6. The fraction of sp³-hybridized carbons (Fsp3) is 0. The minimum Gasteiger partial charge on any atom is -0.379 e. The third-order valence-corrected chi connectivity index (χ3v) is 9.16. The monoisotopic (exact) mass is 729 g/mol. The number of aliphatic imine (C=N–C) groups is 1. The van der Waals surface area contributed by atoms with Crippen molar-refractivity contribution >= 4 is 55.6 Å². The van der Waals surface area contributed by atoms with Gasteiger partial charge in [-0.2, -0.15) is 21.9 Å². The molecule has 0 saturated carbocycles. The van der Waals surface area contributed by atoms with E-state index >= 15 is 0 Å². The van der Waals surface area contributed by atoms with Gasteiger partial charge in [-0.3, -0.25) is 30.0 Å². The lowest BCUT2D eigenvalue weighted by atomic mass is 10.2. The highest BCUT2D eigenvalue weighted by Gasteiger charge is 2.21. The summed E-state index contributed by atoms with van der Waals surface area (Å²) in [4.78, 5) is 36.6. The maximum atomic E-state index is 12.5. The van der Waals surface area contributed by atoms with Crippen LogP contribution in [0.4, 0.5) is 17.1 Å². The molecular formula is C33H23N5O11S2. The average Bonchev–Trinajstić information content (AvgIpc) is 3.12. The molecule has 5 aromatic rings. The number of carbonyl (C=O) groups is 1. The van der Waals surface area contributed by atoms with Gasteiger partial charge in [0.1, 0.15) is 21.3 Å². The van der Waals surface area contributed by atoms with Gasteiger partial charge < -0.3 is 8.37 Å². The van der Waals surface area contributed by atoms with Crippen molar-refractivity contribution in [2.75, 3.05) is 0 Å². The maximum absolute atomic E-state index is 12.5. The van der Waals surface area contributed by atoms with Crippen molar-refractivity contribution in [1.29, 1.82) is 0 Å². The van der Waals surface area contributed by atoms with E-state index < -0.39 is 41.7 Å². The van der Waals surface area contributed by atoms with Crippen LogP contribution in [0.15, 0.2) is 141 Å². The second-order valence-electron chi connectivity index (χ2n) is 10.2. The number of nitro benzene ring substituents is 2. The number of amides is 1. The van der Waals surface area contributed by atoms with E-state index in [9.17, 15) is 41.9 Å². The number of hydrazone groups is 1. The standard InChI is InChI=1S/C33H23N5O11S2/c39-33(36-35-22-24-9-17-30(18-10-24)49-51(46,47)32-6-2-4-28(20-32)38(42)43)25-11-13-26(14-12-25)34-21-23-7-15-29(16-8-23)48-50(44,45)31-5-1-3-27(19-31)37(40)41/h1-22H,(H,36,39). The van der Waals surface area contributed by atoms with Crippen molar-refractivity contribution in [3.63, 3.8) is 0 Å². The van der Waals surface area contributed by atoms with Crippen LogP contribution in [-0.4, -0.2) is 45.0 Å². The van der Waals surface area contributed by atoms with Gasteiger partial charge in [-0.15, -0.1) is 0 Å². The van der Waals surface area contributed by atoms with E-state index in [0.29, 0.717) is 16.8 Å². The molecule has 0 aliphatic rings. The number of rotatable bonds is 13. The number of nitrogens with one attached hydrogen (secondary N) is 1. The molecule has 0 aliphatic carbocycles. The fourth-order valence-electron chi connectivity index (χ4n) is 4.15. The van der Waals surface area contributed by atoms with Gasteiger partial charge in [-0.1, -0.05) is 12.1 Å². The van der Waals surface area contributed by atoms with Gasteiger partial charge in [0, 0.05) is 36.0 Å². The third kappa shape index (κ3) is 9.43. The van der Waals surface area contributed by atoms with Gasteiger partial charge in [0.2, 0.25) is 0 Å². The van der Waals surface area contributed by atoms with E-state index in [0.717, 1.165) is 18.2 Å². The molecule has 0 atom stereocenters. The summed E-state index contributed by atoms with van der Waals surface area (Å²) in [5.41, 5.74) is 3.50. The molecule has 0 fully saturated rings. The molecule has 258 valence electrons. The summed E-state index contributed by atoms with van der Waals surface area (Å²) >= 11 is 0. The summed E-state index contributed by atoms with van der Waals surface area (Å²) in [7, 11) is -8.63. The number of carbonyl (C=O) groups excluding carboxylic acids is 1. The normalized spacial score (nSPS) is 11.7. The van der Waals surface area contributed by atoms with Gasteiger partial charge in [0.15, 0.2) is 0 Å². The van der Waals surface area contributed by atoms with Crippen molar-refractivity contribution in [3.05, 3.63) is 158 Å². The lowest BCUT2D eigenvalue weighted by Crippen LogP contribution is -2.17. The first kappa shape index (κ1) is 35.5. The largest absolute Gasteiger partial charge is 0.379 e. The minimum atomic E-state index is -4.32. The van der Waals surface area contributed by atoms with Gasteiger partial charge >= 0.3 is 20.2 Å². The molecule has 16 nitrogen and oxygen atoms in total. The zero-order chi connectivity index (χ0) is 36.6. The number of hydrogen-bond acceptors (Lipinski definition) is 13. The molecule has 0 saturated heterocycles. The second kappa shape index (κ2) is 15.2. The third-order valence-electron chi connectivity index (χ3n) is 6.68. The predicted octanol–water partition coefficient (Wildman–Crippen LogP) is 5.55. The highest BCUT2D eigenvalue weighted by atomic mass is 32.2. The Morgan fingerprint density at radius 2 is 1.08 bits per heavy atom. The van der Waals surface area contributed by atoms with E-state index in [1.807, 2.05) is 0 Å². The van der Waals surface area contributed by atoms with Crippen LogP contribution >= 0.6 is 0 Å².